The molecule has 0 radical (unpaired) electrons. The number of Topliss-reactive ketones (excluding diaryl/α,β-unsaturated/α-hetero) is 1. The zero-order valence-corrected chi connectivity index (χ0v) is 19.7. The molecule has 0 aliphatic heterocycles. The van der Waals surface area contributed by atoms with Crippen LogP contribution in [0.15, 0.2) is 23.3 Å². The Bertz CT molecular complexity index is 424. The van der Waals surface area contributed by atoms with Crippen molar-refractivity contribution in [1.29, 1.82) is 0 Å². The predicted molar refractivity (Wildman–Crippen MR) is 93.1 cm³/mol. The van der Waals surface area contributed by atoms with Crippen molar-refractivity contribution >= 4 is 51.1 Å². The summed E-state index contributed by atoms with van der Waals surface area (Å²) in [5.74, 6) is -0.752. The maximum absolute atomic E-state index is 11.8. The summed E-state index contributed by atoms with van der Waals surface area (Å²) in [5.41, 5.74) is 1.16. The van der Waals surface area contributed by atoms with Crippen LogP contribution in [0.25, 0.3) is 0 Å². The van der Waals surface area contributed by atoms with Gasteiger partial charge in [-0.25, -0.2) is 0 Å². The van der Waals surface area contributed by atoms with Crippen molar-refractivity contribution in [3.05, 3.63) is 23.3 Å². The molecule has 0 heterocycles. The molecule has 0 aromatic rings. The van der Waals surface area contributed by atoms with Gasteiger partial charge >= 0.3 is 49.6 Å². The normalized spacial score (nSPS) is 16.0. The minimum absolute atomic E-state index is 0.0650. The molecular formula is C14H20I2O2Zn. The first-order chi connectivity index (χ1) is 8.45. The van der Waals surface area contributed by atoms with Crippen molar-refractivity contribution in [3.63, 3.8) is 0 Å². The number of hydrogen-bond donors (Lipinski definition) is 0. The van der Waals surface area contributed by atoms with E-state index in [0.717, 1.165) is 5.57 Å². The number of rotatable bonds is 0. The fourth-order valence-corrected chi connectivity index (χ4v) is 1.59. The van der Waals surface area contributed by atoms with Gasteiger partial charge in [0.2, 0.25) is 11.6 Å². The van der Waals surface area contributed by atoms with Crippen LogP contribution in [0.2, 0.25) is 0 Å². The summed E-state index contributed by atoms with van der Waals surface area (Å²) in [6.07, 6.45) is 3.35. The zero-order chi connectivity index (χ0) is 15.4. The van der Waals surface area contributed by atoms with Crippen LogP contribution in [0.5, 0.6) is 0 Å². The molecule has 0 amide bonds. The Morgan fingerprint density at radius 1 is 0.895 bits per heavy atom. The first kappa shape index (κ1) is 19.9. The second-order valence-corrected chi connectivity index (χ2v) is 30.0. The van der Waals surface area contributed by atoms with Crippen molar-refractivity contribution in [2.45, 2.75) is 41.5 Å². The summed E-state index contributed by atoms with van der Waals surface area (Å²) in [4.78, 5) is 23.4. The molecule has 0 bridgehead atoms. The van der Waals surface area contributed by atoms with Crippen LogP contribution in [0.4, 0.5) is 0 Å². The van der Waals surface area contributed by atoms with Crippen molar-refractivity contribution in [2.75, 3.05) is 0 Å². The van der Waals surface area contributed by atoms with Crippen LogP contribution in [-0.4, -0.2) is 11.6 Å². The summed E-state index contributed by atoms with van der Waals surface area (Å²) < 4.78 is 0. The van der Waals surface area contributed by atoms with Gasteiger partial charge in [0.25, 0.3) is 0 Å². The molecule has 1 aliphatic carbocycles. The first-order valence-electron chi connectivity index (χ1n) is 6.10. The van der Waals surface area contributed by atoms with E-state index < -0.39 is 5.78 Å². The predicted octanol–water partition coefficient (Wildman–Crippen LogP) is 4.85. The van der Waals surface area contributed by atoms with Crippen LogP contribution >= 0.6 is 39.5 Å². The Kier molecular flexibility index (Phi) is 8.15. The summed E-state index contributed by atoms with van der Waals surface area (Å²) in [6.45, 7) is 12.0. The molecule has 0 aromatic carbocycles. The van der Waals surface area contributed by atoms with E-state index in [1.165, 1.54) is 6.08 Å². The second kappa shape index (κ2) is 7.78. The van der Waals surface area contributed by atoms with Crippen LogP contribution < -0.4 is 0 Å². The van der Waals surface area contributed by atoms with E-state index in [2.05, 4.69) is 39.5 Å². The molecule has 104 valence electrons. The second-order valence-electron chi connectivity index (χ2n) is 6.45. The average molecular weight is 540 g/mol. The van der Waals surface area contributed by atoms with E-state index in [1.54, 1.807) is 0 Å². The summed E-state index contributed by atoms with van der Waals surface area (Å²) in [6, 6.07) is 0. The van der Waals surface area contributed by atoms with E-state index in [4.69, 9.17) is 0 Å². The van der Waals surface area contributed by atoms with Crippen molar-refractivity contribution in [1.82, 2.24) is 0 Å². The van der Waals surface area contributed by atoms with Gasteiger partial charge in [0.05, 0.1) is 0 Å². The molecule has 0 spiro atoms. The average Bonchev–Trinajstić information content (AvgIpc) is 2.19. The van der Waals surface area contributed by atoms with Crippen molar-refractivity contribution in [3.8, 4) is 0 Å². The third kappa shape index (κ3) is 6.47. The number of hydrogen-bond acceptors (Lipinski definition) is 2. The van der Waals surface area contributed by atoms with E-state index in [-0.39, 0.29) is 26.7 Å². The topological polar surface area (TPSA) is 34.1 Å². The number of carbonyl (C=O) groups excluding carboxylic acids is 2. The third-order valence-electron chi connectivity index (χ3n) is 2.73. The van der Waals surface area contributed by atoms with Crippen LogP contribution in [0.1, 0.15) is 41.5 Å². The zero-order valence-electron chi connectivity index (χ0n) is 12.4. The van der Waals surface area contributed by atoms with Gasteiger partial charge in [-0.1, -0.05) is 47.6 Å². The van der Waals surface area contributed by atoms with Crippen LogP contribution in [0, 0.1) is 10.8 Å². The molecule has 1 rings (SSSR count). The van der Waals surface area contributed by atoms with Crippen molar-refractivity contribution in [2.24, 2.45) is 10.8 Å². The standard InChI is InChI=1S/C14H20O2.2HI.Zn/c1-13(2,3)9-7-10(14(4,5)6)12(16)11(15)8-9;;;/h7-8H,1-6H3;2*1H;/q;;;+2/p-2. The van der Waals surface area contributed by atoms with Gasteiger partial charge in [-0.3, -0.25) is 9.59 Å². The minimum atomic E-state index is -0.391. The Balaban J connectivity index is 0.000000982. The van der Waals surface area contributed by atoms with E-state index >= 15 is 0 Å². The molecule has 0 saturated heterocycles. The number of allylic oxidation sites excluding steroid dienone is 4. The first-order valence-corrected chi connectivity index (χ1v) is 24.2. The Morgan fingerprint density at radius 2 is 1.32 bits per heavy atom. The van der Waals surface area contributed by atoms with Gasteiger partial charge in [0.1, 0.15) is 0 Å². The summed E-state index contributed by atoms with van der Waals surface area (Å²) >= 11 is 4.93. The molecule has 0 atom stereocenters. The SMILES string of the molecule is CC(C)(C)C1=CC(=O)C(=O)C(C(C)(C)C)=C1.[I][Zn][I]. The quantitative estimate of drug-likeness (QED) is 0.191. The Hall–Kier alpha value is 0.903. The molecule has 1 aliphatic rings. The molecule has 0 aromatic heterocycles. The molecule has 0 saturated carbocycles. The van der Waals surface area contributed by atoms with E-state index in [0.29, 0.717) is 5.57 Å². The number of halogens is 2. The number of carbonyl (C=O) groups is 2. The molecule has 5 heteroatoms. The summed E-state index contributed by atoms with van der Waals surface area (Å²) in [5, 5.41) is 0. The molecule has 0 fully saturated rings. The van der Waals surface area contributed by atoms with Gasteiger partial charge in [-0.05, 0) is 22.5 Å². The Labute approximate surface area is 145 Å². The number of ketones is 2. The van der Waals surface area contributed by atoms with Gasteiger partial charge in [-0.2, -0.15) is 0 Å². The van der Waals surface area contributed by atoms with Crippen molar-refractivity contribution < 1.29 is 19.7 Å². The monoisotopic (exact) mass is 538 g/mol. The molecule has 0 unspecified atom stereocenters. The molecule has 0 N–H and O–H groups in total. The van der Waals surface area contributed by atoms with Gasteiger partial charge < -0.3 is 0 Å². The van der Waals surface area contributed by atoms with E-state index in [1.807, 2.05) is 47.6 Å². The van der Waals surface area contributed by atoms with Gasteiger partial charge in [-0.15, -0.1) is 0 Å². The van der Waals surface area contributed by atoms with E-state index in [9.17, 15) is 9.59 Å². The maximum atomic E-state index is 11.8. The molecule has 19 heavy (non-hydrogen) atoms. The molecule has 2 nitrogen and oxygen atoms in total. The van der Waals surface area contributed by atoms with Crippen LogP contribution in [-0.2, 0) is 19.7 Å². The fourth-order valence-electron chi connectivity index (χ4n) is 1.59. The van der Waals surface area contributed by atoms with Crippen LogP contribution in [0.3, 0.4) is 0 Å². The fraction of sp³-hybridized carbons (Fsp3) is 0.571. The molecular weight excluding hydrogens is 519 g/mol. The summed E-state index contributed by atoms with van der Waals surface area (Å²) in [7, 11) is 0.0650. The third-order valence-corrected chi connectivity index (χ3v) is 2.73. The Morgan fingerprint density at radius 3 is 1.63 bits per heavy atom. The van der Waals surface area contributed by atoms with Gasteiger partial charge in [0, 0.05) is 5.57 Å². The van der Waals surface area contributed by atoms with Gasteiger partial charge in [0.15, 0.2) is 0 Å².